The van der Waals surface area contributed by atoms with Crippen molar-refractivity contribution >= 4 is 32.3 Å². The maximum Gasteiger partial charge on any atom is 0.0512 e. The highest BCUT2D eigenvalue weighted by Crippen LogP contribution is 2.38. The number of fused-ring (bicyclic) bond motifs is 2. The first-order valence-corrected chi connectivity index (χ1v) is 9.44. The van der Waals surface area contributed by atoms with Crippen LogP contribution in [0.5, 0.6) is 0 Å². The second kappa shape index (κ2) is 6.42. The monoisotopic (exact) mass is 334 g/mol. The number of aryl methyl sites for hydroxylation is 2. The lowest BCUT2D eigenvalue weighted by atomic mass is 9.99. The second-order valence-corrected chi connectivity index (χ2v) is 7.33. The van der Waals surface area contributed by atoms with E-state index in [0.717, 1.165) is 25.8 Å². The number of aromatic nitrogens is 1. The summed E-state index contributed by atoms with van der Waals surface area (Å²) in [5, 5.41) is 4.98. The van der Waals surface area contributed by atoms with Crippen LogP contribution in [0.1, 0.15) is 24.0 Å². The van der Waals surface area contributed by atoms with Gasteiger partial charge in [0.15, 0.2) is 0 Å². The zero-order valence-corrected chi connectivity index (χ0v) is 14.7. The molecule has 0 bridgehead atoms. The molecule has 0 aliphatic heterocycles. The van der Waals surface area contributed by atoms with Crippen molar-refractivity contribution in [3.63, 3.8) is 0 Å². The van der Waals surface area contributed by atoms with E-state index in [2.05, 4.69) is 59.8 Å². The lowest BCUT2D eigenvalue weighted by Gasteiger charge is -2.05. The molecule has 2 heterocycles. The summed E-state index contributed by atoms with van der Waals surface area (Å²) in [6, 6.07) is 15.3. The molecule has 122 valence electrons. The van der Waals surface area contributed by atoms with Crippen molar-refractivity contribution < 1.29 is 0 Å². The number of nitrogens with one attached hydrogen (secondary N) is 1. The molecule has 0 aliphatic carbocycles. The van der Waals surface area contributed by atoms with Crippen LogP contribution in [-0.2, 0) is 6.42 Å². The summed E-state index contributed by atoms with van der Waals surface area (Å²) < 4.78 is 1.34. The molecule has 0 atom stereocenters. The Bertz CT molecular complexity index is 994. The Kier molecular flexibility index (Phi) is 4.13. The molecule has 0 saturated carbocycles. The summed E-state index contributed by atoms with van der Waals surface area (Å²) >= 11 is 1.82. The predicted molar refractivity (Wildman–Crippen MR) is 106 cm³/mol. The Labute approximate surface area is 146 Å². The van der Waals surface area contributed by atoms with E-state index >= 15 is 0 Å². The van der Waals surface area contributed by atoms with Crippen molar-refractivity contribution in [2.75, 3.05) is 6.54 Å². The molecule has 0 spiro atoms. The fraction of sp³-hybridized carbons (Fsp3) is 0.238. The lowest BCUT2D eigenvalue weighted by Crippen LogP contribution is -1.99. The van der Waals surface area contributed by atoms with Gasteiger partial charge < -0.3 is 10.7 Å². The highest BCUT2D eigenvalue weighted by atomic mass is 32.1. The molecule has 24 heavy (non-hydrogen) atoms. The minimum atomic E-state index is 0.762. The van der Waals surface area contributed by atoms with Crippen molar-refractivity contribution in [3.8, 4) is 11.3 Å². The third kappa shape index (κ3) is 2.64. The Morgan fingerprint density at radius 2 is 1.92 bits per heavy atom. The van der Waals surface area contributed by atoms with Crippen molar-refractivity contribution in [2.24, 2.45) is 5.73 Å². The van der Waals surface area contributed by atoms with E-state index in [-0.39, 0.29) is 0 Å². The first kappa shape index (κ1) is 15.4. The number of rotatable bonds is 5. The largest absolute Gasteiger partial charge is 0.354 e. The number of aromatic amines is 1. The van der Waals surface area contributed by atoms with E-state index in [1.165, 1.54) is 43.4 Å². The SMILES string of the molecule is Cc1ccc2[nH]c(-c3csc4ccccc34)c(CCCCN)c2c1. The minimum Gasteiger partial charge on any atom is -0.354 e. The lowest BCUT2D eigenvalue weighted by molar-refractivity contribution is 0.748. The third-order valence-electron chi connectivity index (χ3n) is 4.69. The van der Waals surface area contributed by atoms with E-state index < -0.39 is 0 Å². The average molecular weight is 334 g/mol. The first-order valence-electron chi connectivity index (χ1n) is 8.56. The maximum atomic E-state index is 5.71. The first-order chi connectivity index (χ1) is 11.8. The molecule has 0 fully saturated rings. The molecule has 0 saturated heterocycles. The van der Waals surface area contributed by atoms with Crippen LogP contribution in [0.3, 0.4) is 0 Å². The Hall–Kier alpha value is -2.10. The minimum absolute atomic E-state index is 0.762. The van der Waals surface area contributed by atoms with Gasteiger partial charge in [-0.25, -0.2) is 0 Å². The van der Waals surface area contributed by atoms with Crippen molar-refractivity contribution in [2.45, 2.75) is 26.2 Å². The van der Waals surface area contributed by atoms with E-state index in [9.17, 15) is 0 Å². The van der Waals surface area contributed by atoms with Crippen molar-refractivity contribution in [3.05, 3.63) is 59.0 Å². The Balaban J connectivity index is 1.91. The molecular formula is C21H22N2S. The number of benzene rings is 2. The van der Waals surface area contributed by atoms with Crippen LogP contribution in [0.2, 0.25) is 0 Å². The molecule has 0 aliphatic rings. The topological polar surface area (TPSA) is 41.8 Å². The van der Waals surface area contributed by atoms with Crippen LogP contribution in [0.4, 0.5) is 0 Å². The second-order valence-electron chi connectivity index (χ2n) is 6.42. The van der Waals surface area contributed by atoms with Gasteiger partial charge in [-0.3, -0.25) is 0 Å². The highest BCUT2D eigenvalue weighted by Gasteiger charge is 2.16. The van der Waals surface area contributed by atoms with E-state index in [1.54, 1.807) is 0 Å². The molecular weight excluding hydrogens is 312 g/mol. The fourth-order valence-electron chi connectivity index (χ4n) is 3.47. The molecule has 0 radical (unpaired) electrons. The van der Waals surface area contributed by atoms with Crippen molar-refractivity contribution in [1.82, 2.24) is 4.98 Å². The Morgan fingerprint density at radius 1 is 1.04 bits per heavy atom. The molecule has 3 heteroatoms. The van der Waals surface area contributed by atoms with E-state index in [4.69, 9.17) is 5.73 Å². The maximum absolute atomic E-state index is 5.71. The molecule has 2 nitrogen and oxygen atoms in total. The van der Waals surface area contributed by atoms with Crippen LogP contribution in [-0.4, -0.2) is 11.5 Å². The molecule has 2 aromatic carbocycles. The van der Waals surface area contributed by atoms with E-state index in [1.807, 2.05) is 11.3 Å². The summed E-state index contributed by atoms with van der Waals surface area (Å²) in [6.07, 6.45) is 3.27. The summed E-state index contributed by atoms with van der Waals surface area (Å²) in [6.45, 7) is 2.92. The smallest absolute Gasteiger partial charge is 0.0512 e. The van der Waals surface area contributed by atoms with Gasteiger partial charge in [0.25, 0.3) is 0 Å². The Morgan fingerprint density at radius 3 is 2.79 bits per heavy atom. The molecule has 4 rings (SSSR count). The number of hydrogen-bond acceptors (Lipinski definition) is 2. The number of thiophene rings is 1. The molecule has 4 aromatic rings. The summed E-state index contributed by atoms with van der Waals surface area (Å²) in [7, 11) is 0. The zero-order valence-electron chi connectivity index (χ0n) is 13.9. The number of hydrogen-bond donors (Lipinski definition) is 2. The molecule has 3 N–H and O–H groups in total. The van der Waals surface area contributed by atoms with Crippen LogP contribution in [0.25, 0.3) is 32.2 Å². The van der Waals surface area contributed by atoms with Gasteiger partial charge in [0.05, 0.1) is 5.69 Å². The summed E-state index contributed by atoms with van der Waals surface area (Å²) in [4.78, 5) is 3.69. The van der Waals surface area contributed by atoms with Crippen LogP contribution in [0, 0.1) is 6.92 Å². The summed E-state index contributed by atoms with van der Waals surface area (Å²) in [5.41, 5.74) is 12.3. The van der Waals surface area contributed by atoms with Gasteiger partial charge in [0.1, 0.15) is 0 Å². The molecule has 0 amide bonds. The number of unbranched alkanes of at least 4 members (excludes halogenated alkanes) is 1. The third-order valence-corrected chi connectivity index (χ3v) is 5.66. The van der Waals surface area contributed by atoms with Crippen LogP contribution < -0.4 is 5.73 Å². The highest BCUT2D eigenvalue weighted by molar-refractivity contribution is 7.17. The van der Waals surface area contributed by atoms with Gasteiger partial charge in [-0.05, 0) is 56.5 Å². The number of H-pyrrole nitrogens is 1. The molecule has 2 aromatic heterocycles. The standard InChI is InChI=1S/C21H22N2S/c1-14-9-10-19-17(12-14)16(7-4-5-11-22)21(23-19)18-13-24-20-8-3-2-6-15(18)20/h2-3,6,8-10,12-13,23H,4-5,7,11,22H2,1H3. The van der Waals surface area contributed by atoms with Crippen LogP contribution >= 0.6 is 11.3 Å². The van der Waals surface area contributed by atoms with Gasteiger partial charge in [0.2, 0.25) is 0 Å². The van der Waals surface area contributed by atoms with Crippen molar-refractivity contribution in [1.29, 1.82) is 0 Å². The molecule has 0 unspecified atom stereocenters. The van der Waals surface area contributed by atoms with Gasteiger partial charge in [-0.1, -0.05) is 29.8 Å². The van der Waals surface area contributed by atoms with Crippen LogP contribution in [0.15, 0.2) is 47.8 Å². The van der Waals surface area contributed by atoms with Gasteiger partial charge >= 0.3 is 0 Å². The fourth-order valence-corrected chi connectivity index (χ4v) is 4.42. The summed E-state index contributed by atoms with van der Waals surface area (Å²) in [5.74, 6) is 0. The van der Waals surface area contributed by atoms with Gasteiger partial charge in [-0.15, -0.1) is 11.3 Å². The van der Waals surface area contributed by atoms with E-state index in [0.29, 0.717) is 0 Å². The predicted octanol–water partition coefficient (Wildman–Crippen LogP) is 5.64. The number of nitrogens with two attached hydrogens (primary N) is 1. The zero-order chi connectivity index (χ0) is 16.5. The quantitative estimate of drug-likeness (QED) is 0.456. The normalized spacial score (nSPS) is 11.6. The van der Waals surface area contributed by atoms with Gasteiger partial charge in [-0.2, -0.15) is 0 Å². The van der Waals surface area contributed by atoms with Gasteiger partial charge in [0, 0.05) is 31.9 Å². The average Bonchev–Trinajstić information content (AvgIpc) is 3.16.